The standard InChI is InChI=1S/C12H17N3O3/c1-7-6-8(2)15-12(10(7)11(13)18)14-5-3-4-9(16)17/h6H,3-5H2,1-2H3,(H2,13,18)(H,14,15)(H,16,17). The molecule has 0 aliphatic heterocycles. The molecule has 18 heavy (non-hydrogen) atoms. The number of aromatic nitrogens is 1. The van der Waals surface area contributed by atoms with Crippen molar-refractivity contribution in [2.45, 2.75) is 26.7 Å². The molecule has 1 aromatic heterocycles. The lowest BCUT2D eigenvalue weighted by atomic mass is 10.1. The van der Waals surface area contributed by atoms with E-state index in [0.29, 0.717) is 24.3 Å². The molecule has 1 rings (SSSR count). The minimum Gasteiger partial charge on any atom is -0.481 e. The number of aryl methyl sites for hydroxylation is 2. The lowest BCUT2D eigenvalue weighted by Crippen LogP contribution is -2.18. The van der Waals surface area contributed by atoms with E-state index in [2.05, 4.69) is 10.3 Å². The van der Waals surface area contributed by atoms with Crippen molar-refractivity contribution in [3.8, 4) is 0 Å². The first-order chi connectivity index (χ1) is 8.41. The van der Waals surface area contributed by atoms with Crippen LogP contribution in [-0.2, 0) is 4.79 Å². The van der Waals surface area contributed by atoms with Gasteiger partial charge in [0, 0.05) is 18.7 Å². The van der Waals surface area contributed by atoms with Crippen LogP contribution in [0.15, 0.2) is 6.07 Å². The van der Waals surface area contributed by atoms with Crippen LogP contribution in [-0.4, -0.2) is 28.5 Å². The van der Waals surface area contributed by atoms with E-state index in [-0.39, 0.29) is 6.42 Å². The predicted molar refractivity (Wildman–Crippen MR) is 67.6 cm³/mol. The Morgan fingerprint density at radius 2 is 2.11 bits per heavy atom. The van der Waals surface area contributed by atoms with Gasteiger partial charge in [-0.25, -0.2) is 4.98 Å². The molecule has 0 spiro atoms. The van der Waals surface area contributed by atoms with Crippen molar-refractivity contribution in [1.82, 2.24) is 4.98 Å². The molecule has 0 bridgehead atoms. The number of carboxylic acids is 1. The first-order valence-electron chi connectivity index (χ1n) is 5.65. The van der Waals surface area contributed by atoms with Crippen molar-refractivity contribution >= 4 is 17.7 Å². The Balaban J connectivity index is 2.80. The molecule has 0 saturated carbocycles. The Hall–Kier alpha value is -2.11. The van der Waals surface area contributed by atoms with Gasteiger partial charge in [0.25, 0.3) is 5.91 Å². The van der Waals surface area contributed by atoms with E-state index in [4.69, 9.17) is 10.8 Å². The average Bonchev–Trinajstić information content (AvgIpc) is 2.22. The molecule has 0 aromatic carbocycles. The van der Waals surface area contributed by atoms with Gasteiger partial charge in [0.2, 0.25) is 0 Å². The van der Waals surface area contributed by atoms with Crippen molar-refractivity contribution in [3.05, 3.63) is 22.9 Å². The van der Waals surface area contributed by atoms with Gasteiger partial charge >= 0.3 is 5.97 Å². The lowest BCUT2D eigenvalue weighted by molar-refractivity contribution is -0.137. The Morgan fingerprint density at radius 1 is 1.44 bits per heavy atom. The van der Waals surface area contributed by atoms with Crippen molar-refractivity contribution in [1.29, 1.82) is 0 Å². The molecule has 4 N–H and O–H groups in total. The third-order valence-electron chi connectivity index (χ3n) is 2.45. The number of amides is 1. The minimum absolute atomic E-state index is 0.0731. The fourth-order valence-electron chi connectivity index (χ4n) is 1.72. The van der Waals surface area contributed by atoms with Gasteiger partial charge in [-0.05, 0) is 31.9 Å². The second kappa shape index (κ2) is 6.00. The van der Waals surface area contributed by atoms with Gasteiger partial charge in [-0.1, -0.05) is 0 Å². The van der Waals surface area contributed by atoms with Gasteiger partial charge in [-0.15, -0.1) is 0 Å². The summed E-state index contributed by atoms with van der Waals surface area (Å²) in [6.45, 7) is 4.04. The van der Waals surface area contributed by atoms with Crippen LogP contribution < -0.4 is 11.1 Å². The molecule has 6 heteroatoms. The van der Waals surface area contributed by atoms with Gasteiger partial charge in [0.05, 0.1) is 5.56 Å². The maximum atomic E-state index is 11.3. The van der Waals surface area contributed by atoms with Crippen LogP contribution in [0.4, 0.5) is 5.82 Å². The quantitative estimate of drug-likeness (QED) is 0.656. The molecular weight excluding hydrogens is 234 g/mol. The lowest BCUT2D eigenvalue weighted by Gasteiger charge is -2.12. The number of nitrogens with zero attached hydrogens (tertiary/aromatic N) is 1. The summed E-state index contributed by atoms with van der Waals surface area (Å²) in [4.78, 5) is 25.9. The highest BCUT2D eigenvalue weighted by molar-refractivity contribution is 5.99. The number of nitrogens with two attached hydrogens (primary N) is 1. The number of carbonyl (C=O) groups is 2. The maximum Gasteiger partial charge on any atom is 0.303 e. The number of carbonyl (C=O) groups excluding carboxylic acids is 1. The third-order valence-corrected chi connectivity index (χ3v) is 2.45. The molecule has 6 nitrogen and oxygen atoms in total. The summed E-state index contributed by atoms with van der Waals surface area (Å²) in [5.41, 5.74) is 7.20. The van der Waals surface area contributed by atoms with E-state index in [1.54, 1.807) is 13.0 Å². The summed E-state index contributed by atoms with van der Waals surface area (Å²) in [6, 6.07) is 1.78. The fourth-order valence-corrected chi connectivity index (χ4v) is 1.72. The molecule has 0 fully saturated rings. The van der Waals surface area contributed by atoms with E-state index in [9.17, 15) is 9.59 Å². The Labute approximate surface area is 105 Å². The SMILES string of the molecule is Cc1cc(C)c(C(N)=O)c(NCCCC(=O)O)n1. The first kappa shape index (κ1) is 14.0. The molecule has 1 amide bonds. The highest BCUT2D eigenvalue weighted by Gasteiger charge is 2.13. The molecule has 0 unspecified atom stereocenters. The Morgan fingerprint density at radius 3 is 2.67 bits per heavy atom. The highest BCUT2D eigenvalue weighted by Crippen LogP contribution is 2.18. The number of rotatable bonds is 6. The van der Waals surface area contributed by atoms with Gasteiger partial charge < -0.3 is 16.2 Å². The van der Waals surface area contributed by atoms with Crippen LogP contribution in [0.5, 0.6) is 0 Å². The predicted octanol–water partition coefficient (Wildman–Crippen LogP) is 1.07. The van der Waals surface area contributed by atoms with E-state index >= 15 is 0 Å². The molecular formula is C12H17N3O3. The zero-order chi connectivity index (χ0) is 13.7. The second-order valence-electron chi connectivity index (χ2n) is 4.09. The van der Waals surface area contributed by atoms with E-state index < -0.39 is 11.9 Å². The number of anilines is 1. The monoisotopic (exact) mass is 251 g/mol. The second-order valence-corrected chi connectivity index (χ2v) is 4.09. The van der Waals surface area contributed by atoms with Crippen LogP contribution in [0.25, 0.3) is 0 Å². The molecule has 0 aliphatic rings. The first-order valence-corrected chi connectivity index (χ1v) is 5.65. The number of hydrogen-bond donors (Lipinski definition) is 3. The summed E-state index contributed by atoms with van der Waals surface area (Å²) in [5.74, 6) is -0.966. The van der Waals surface area contributed by atoms with Crippen LogP contribution in [0.2, 0.25) is 0 Å². The van der Waals surface area contributed by atoms with Gasteiger partial charge in [-0.2, -0.15) is 0 Å². The zero-order valence-corrected chi connectivity index (χ0v) is 10.5. The Kier molecular flexibility index (Phi) is 4.65. The molecule has 0 atom stereocenters. The van der Waals surface area contributed by atoms with Crippen molar-refractivity contribution in [2.24, 2.45) is 5.73 Å². The average molecular weight is 251 g/mol. The molecule has 1 heterocycles. The highest BCUT2D eigenvalue weighted by atomic mass is 16.4. The number of hydrogen-bond acceptors (Lipinski definition) is 4. The van der Waals surface area contributed by atoms with E-state index in [0.717, 1.165) is 11.3 Å². The Bertz CT molecular complexity index is 472. The van der Waals surface area contributed by atoms with Crippen LogP contribution in [0, 0.1) is 13.8 Å². The summed E-state index contributed by atoms with van der Waals surface area (Å²) < 4.78 is 0. The molecule has 1 aromatic rings. The topological polar surface area (TPSA) is 105 Å². The number of pyridine rings is 1. The maximum absolute atomic E-state index is 11.3. The van der Waals surface area contributed by atoms with Crippen LogP contribution in [0.1, 0.15) is 34.5 Å². The van der Waals surface area contributed by atoms with Crippen molar-refractivity contribution < 1.29 is 14.7 Å². The normalized spacial score (nSPS) is 10.1. The zero-order valence-electron chi connectivity index (χ0n) is 10.5. The van der Waals surface area contributed by atoms with E-state index in [1.165, 1.54) is 0 Å². The number of nitrogens with one attached hydrogen (secondary N) is 1. The minimum atomic E-state index is -0.847. The van der Waals surface area contributed by atoms with Crippen molar-refractivity contribution in [3.63, 3.8) is 0 Å². The van der Waals surface area contributed by atoms with Gasteiger partial charge in [-0.3, -0.25) is 9.59 Å². The molecule has 0 saturated heterocycles. The number of primary amides is 1. The van der Waals surface area contributed by atoms with Crippen molar-refractivity contribution in [2.75, 3.05) is 11.9 Å². The van der Waals surface area contributed by atoms with E-state index in [1.807, 2.05) is 6.92 Å². The summed E-state index contributed by atoms with van der Waals surface area (Å²) in [6.07, 6.45) is 0.534. The summed E-state index contributed by atoms with van der Waals surface area (Å²) in [5, 5.41) is 11.5. The van der Waals surface area contributed by atoms with Gasteiger partial charge in [0.15, 0.2) is 0 Å². The summed E-state index contributed by atoms with van der Waals surface area (Å²) in [7, 11) is 0. The molecule has 0 aliphatic carbocycles. The molecule has 98 valence electrons. The number of carboxylic acid groups (broad SMARTS) is 1. The van der Waals surface area contributed by atoms with Crippen LogP contribution in [0.3, 0.4) is 0 Å². The van der Waals surface area contributed by atoms with Gasteiger partial charge in [0.1, 0.15) is 5.82 Å². The summed E-state index contributed by atoms with van der Waals surface area (Å²) >= 11 is 0. The number of aliphatic carboxylic acids is 1. The fraction of sp³-hybridized carbons (Fsp3) is 0.417. The smallest absolute Gasteiger partial charge is 0.303 e. The van der Waals surface area contributed by atoms with Crippen LogP contribution >= 0.6 is 0 Å². The molecule has 0 radical (unpaired) electrons. The largest absolute Gasteiger partial charge is 0.481 e. The third kappa shape index (κ3) is 3.73.